The lowest BCUT2D eigenvalue weighted by Crippen LogP contribution is -2.39. The van der Waals surface area contributed by atoms with E-state index in [1.807, 2.05) is 18.2 Å². The van der Waals surface area contributed by atoms with Crippen LogP contribution in [0.25, 0.3) is 0 Å². The number of hydrogen-bond donors (Lipinski definition) is 1. The van der Waals surface area contributed by atoms with Crippen LogP contribution in [0.2, 0.25) is 5.02 Å². The zero-order valence-electron chi connectivity index (χ0n) is 14.7. The Morgan fingerprint density at radius 2 is 1.67 bits per heavy atom. The molecule has 1 aromatic heterocycles. The maximum absolute atomic E-state index is 12.4. The van der Waals surface area contributed by atoms with Crippen molar-refractivity contribution in [2.24, 2.45) is 0 Å². The number of halogens is 1. The van der Waals surface area contributed by atoms with Gasteiger partial charge in [-0.2, -0.15) is 4.57 Å². The van der Waals surface area contributed by atoms with Gasteiger partial charge in [-0.15, -0.1) is 0 Å². The summed E-state index contributed by atoms with van der Waals surface area (Å²) < 4.78 is 6.91. The molecule has 0 atom stereocenters. The summed E-state index contributed by atoms with van der Waals surface area (Å²) >= 11 is 5.97. The van der Waals surface area contributed by atoms with Gasteiger partial charge >= 0.3 is 0 Å². The van der Waals surface area contributed by atoms with E-state index >= 15 is 0 Å². The van der Waals surface area contributed by atoms with Crippen LogP contribution >= 0.6 is 11.6 Å². The first-order chi connectivity index (χ1) is 13.1. The summed E-state index contributed by atoms with van der Waals surface area (Å²) in [5.41, 5.74) is 1.70. The Morgan fingerprint density at radius 1 is 1.00 bits per heavy atom. The van der Waals surface area contributed by atoms with Crippen LogP contribution in [0.15, 0.2) is 73.1 Å². The largest absolute Gasteiger partial charge is 0.495 e. The molecule has 0 spiro atoms. The molecule has 3 aromatic rings. The highest BCUT2D eigenvalue weighted by Crippen LogP contribution is 2.27. The zero-order chi connectivity index (χ0) is 19.2. The Bertz CT molecular complexity index is 957. The van der Waals surface area contributed by atoms with E-state index in [-0.39, 0.29) is 18.2 Å². The Kier molecular flexibility index (Phi) is 5.84. The second-order valence-electron chi connectivity index (χ2n) is 5.85. The smallest absolute Gasteiger partial charge is 0.290 e. The number of ketones is 1. The second kappa shape index (κ2) is 8.47. The van der Waals surface area contributed by atoms with Gasteiger partial charge in [-0.3, -0.25) is 9.59 Å². The number of nitrogens with zero attached hydrogens (tertiary/aromatic N) is 1. The van der Waals surface area contributed by atoms with Gasteiger partial charge in [0.25, 0.3) is 5.91 Å². The maximum Gasteiger partial charge on any atom is 0.290 e. The van der Waals surface area contributed by atoms with E-state index in [0.29, 0.717) is 27.6 Å². The first-order valence-electron chi connectivity index (χ1n) is 8.29. The van der Waals surface area contributed by atoms with Crippen molar-refractivity contribution in [1.82, 2.24) is 0 Å². The molecule has 1 heterocycles. The van der Waals surface area contributed by atoms with Crippen LogP contribution in [0.3, 0.4) is 0 Å². The van der Waals surface area contributed by atoms with Crippen LogP contribution in [-0.2, 0) is 11.3 Å². The third-order valence-corrected chi connectivity index (χ3v) is 4.19. The number of carbonyl (C=O) groups is 2. The summed E-state index contributed by atoms with van der Waals surface area (Å²) in [6.45, 7) is 0.0927. The molecule has 0 fully saturated rings. The summed E-state index contributed by atoms with van der Waals surface area (Å²) in [4.78, 5) is 24.7. The molecule has 0 radical (unpaired) electrons. The predicted octanol–water partition coefficient (Wildman–Crippen LogP) is 3.51. The number of carbonyl (C=O) groups excluding carboxylic acids is 2. The van der Waals surface area contributed by atoms with Crippen molar-refractivity contribution < 1.29 is 18.9 Å². The van der Waals surface area contributed by atoms with E-state index in [2.05, 4.69) is 5.32 Å². The zero-order valence-corrected chi connectivity index (χ0v) is 15.4. The number of methoxy groups -OCH3 is 1. The average molecular weight is 382 g/mol. The van der Waals surface area contributed by atoms with Crippen LogP contribution < -0.4 is 14.6 Å². The van der Waals surface area contributed by atoms with Crippen molar-refractivity contribution in [2.75, 3.05) is 12.4 Å². The number of pyridine rings is 1. The van der Waals surface area contributed by atoms with Crippen molar-refractivity contribution in [2.45, 2.75) is 6.54 Å². The highest BCUT2D eigenvalue weighted by atomic mass is 35.5. The summed E-state index contributed by atoms with van der Waals surface area (Å²) in [5.74, 6) is 0.236. The molecule has 0 aliphatic heterocycles. The topological polar surface area (TPSA) is 59.3 Å². The number of anilines is 1. The summed E-state index contributed by atoms with van der Waals surface area (Å²) in [6.07, 6.45) is 3.40. The molecule has 0 saturated heterocycles. The van der Waals surface area contributed by atoms with Crippen LogP contribution in [0, 0.1) is 0 Å². The van der Waals surface area contributed by atoms with Gasteiger partial charge in [0.15, 0.2) is 18.2 Å². The van der Waals surface area contributed by atoms with Crippen molar-refractivity contribution in [3.8, 4) is 5.75 Å². The molecule has 0 aliphatic carbocycles. The molecule has 0 saturated carbocycles. The van der Waals surface area contributed by atoms with Crippen molar-refractivity contribution in [1.29, 1.82) is 0 Å². The van der Waals surface area contributed by atoms with Crippen LogP contribution in [-0.4, -0.2) is 18.8 Å². The highest BCUT2D eigenvalue weighted by molar-refractivity contribution is 6.31. The van der Waals surface area contributed by atoms with E-state index in [4.69, 9.17) is 16.3 Å². The Hall–Kier alpha value is -3.18. The Balaban J connectivity index is 1.67. The Morgan fingerprint density at radius 3 is 2.33 bits per heavy atom. The summed E-state index contributed by atoms with van der Waals surface area (Å²) in [6, 6.07) is 17.5. The molecule has 136 valence electrons. The molecule has 0 aliphatic rings. The maximum atomic E-state index is 12.4. The molecule has 0 unspecified atom stereocenters. The number of ether oxygens (including phenoxy) is 1. The molecule has 3 rings (SSSR count). The van der Waals surface area contributed by atoms with E-state index in [9.17, 15) is 9.59 Å². The molecule has 1 N–H and O–H groups in total. The van der Waals surface area contributed by atoms with E-state index in [1.165, 1.54) is 7.11 Å². The molecular formula is C21H18ClN2O3+. The summed E-state index contributed by atoms with van der Waals surface area (Å²) in [7, 11) is 1.52. The second-order valence-corrected chi connectivity index (χ2v) is 6.28. The number of rotatable bonds is 6. The van der Waals surface area contributed by atoms with Gasteiger partial charge in [0.2, 0.25) is 6.54 Å². The number of aromatic nitrogens is 1. The molecule has 27 heavy (non-hydrogen) atoms. The minimum absolute atomic E-state index is 0.0594. The molecule has 6 heteroatoms. The minimum atomic E-state index is -0.234. The van der Waals surface area contributed by atoms with E-state index < -0.39 is 0 Å². The standard InChI is InChI=1S/C21H17ClN2O3/c1-27-19-8-7-17(22)13-18(19)23-20(25)14-24-11-9-16(10-12-24)21(26)15-5-3-2-4-6-15/h2-13H,14H2,1H3/p+1. The lowest BCUT2D eigenvalue weighted by Gasteiger charge is -2.09. The number of hydrogen-bond acceptors (Lipinski definition) is 3. The summed E-state index contributed by atoms with van der Waals surface area (Å²) in [5, 5.41) is 3.28. The number of nitrogens with one attached hydrogen (secondary N) is 1. The van der Waals surface area contributed by atoms with Gasteiger partial charge in [-0.1, -0.05) is 41.9 Å². The average Bonchev–Trinajstić information content (AvgIpc) is 2.69. The van der Waals surface area contributed by atoms with Crippen molar-refractivity contribution in [3.63, 3.8) is 0 Å². The van der Waals surface area contributed by atoms with Gasteiger partial charge in [-0.05, 0) is 18.2 Å². The van der Waals surface area contributed by atoms with Crippen LogP contribution in [0.4, 0.5) is 5.69 Å². The van der Waals surface area contributed by atoms with Gasteiger partial charge in [0.1, 0.15) is 5.75 Å². The molecule has 1 amide bonds. The monoisotopic (exact) mass is 381 g/mol. The predicted molar refractivity (Wildman–Crippen MR) is 103 cm³/mol. The SMILES string of the molecule is COc1ccc(Cl)cc1NC(=O)C[n+]1ccc(C(=O)c2ccccc2)cc1. The van der Waals surface area contributed by atoms with E-state index in [0.717, 1.165) is 0 Å². The van der Waals surface area contributed by atoms with Crippen molar-refractivity contribution in [3.05, 3.63) is 89.2 Å². The van der Waals surface area contributed by atoms with Crippen LogP contribution in [0.1, 0.15) is 15.9 Å². The Labute approximate surface area is 162 Å². The van der Waals surface area contributed by atoms with Crippen LogP contribution in [0.5, 0.6) is 5.75 Å². The first kappa shape index (κ1) is 18.6. The minimum Gasteiger partial charge on any atom is -0.495 e. The first-order valence-corrected chi connectivity index (χ1v) is 8.67. The number of amides is 1. The van der Waals surface area contributed by atoms with E-state index in [1.54, 1.807) is 59.4 Å². The van der Waals surface area contributed by atoms with Gasteiger partial charge in [-0.25, -0.2) is 0 Å². The quantitative estimate of drug-likeness (QED) is 0.525. The van der Waals surface area contributed by atoms with Gasteiger partial charge < -0.3 is 10.1 Å². The lowest BCUT2D eigenvalue weighted by atomic mass is 10.0. The fourth-order valence-corrected chi connectivity index (χ4v) is 2.78. The van der Waals surface area contributed by atoms with Crippen molar-refractivity contribution >= 4 is 29.0 Å². The normalized spacial score (nSPS) is 10.3. The third kappa shape index (κ3) is 4.71. The third-order valence-electron chi connectivity index (χ3n) is 3.95. The molecule has 2 aromatic carbocycles. The fourth-order valence-electron chi connectivity index (χ4n) is 2.60. The highest BCUT2D eigenvalue weighted by Gasteiger charge is 2.15. The molecular weight excluding hydrogens is 364 g/mol. The molecule has 0 bridgehead atoms. The van der Waals surface area contributed by atoms with Gasteiger partial charge in [0.05, 0.1) is 12.8 Å². The fraction of sp³-hybridized carbons (Fsp3) is 0.0952. The van der Waals surface area contributed by atoms with Gasteiger partial charge in [0, 0.05) is 28.3 Å². The lowest BCUT2D eigenvalue weighted by molar-refractivity contribution is -0.684. The number of benzene rings is 2. The molecule has 5 nitrogen and oxygen atoms in total.